The van der Waals surface area contributed by atoms with Gasteiger partial charge in [-0.2, -0.15) is 0 Å². The molecule has 0 aliphatic rings. The molecule has 0 saturated carbocycles. The molecular weight excluding hydrogens is 361 g/mol. The van der Waals surface area contributed by atoms with Crippen LogP contribution in [0.2, 0.25) is 0 Å². The number of ether oxygens (including phenoxy) is 2. The van der Waals surface area contributed by atoms with E-state index in [2.05, 4.69) is 0 Å². The van der Waals surface area contributed by atoms with Crippen molar-refractivity contribution in [1.29, 1.82) is 0 Å². The monoisotopic (exact) mass is 385 g/mol. The SMILES string of the molecule is COc1ccccc1OC[C@@H](O)CN(Cc1ccc(F)cc1)Cc1ccco1. The molecule has 1 atom stereocenters. The topological polar surface area (TPSA) is 55.1 Å². The normalized spacial score (nSPS) is 12.1. The maximum Gasteiger partial charge on any atom is 0.161 e. The molecule has 28 heavy (non-hydrogen) atoms. The Morgan fingerprint density at radius 1 is 1.00 bits per heavy atom. The van der Waals surface area contributed by atoms with Crippen LogP contribution in [0.1, 0.15) is 11.3 Å². The third kappa shape index (κ3) is 5.84. The third-order valence-electron chi connectivity index (χ3n) is 4.25. The lowest BCUT2D eigenvalue weighted by Crippen LogP contribution is -2.35. The molecule has 2 aromatic carbocycles. The summed E-state index contributed by atoms with van der Waals surface area (Å²) in [5.41, 5.74) is 0.950. The van der Waals surface area contributed by atoms with Gasteiger partial charge >= 0.3 is 0 Å². The first kappa shape index (κ1) is 19.9. The largest absolute Gasteiger partial charge is 0.493 e. The molecule has 0 unspecified atom stereocenters. The van der Waals surface area contributed by atoms with Gasteiger partial charge in [-0.3, -0.25) is 4.90 Å². The van der Waals surface area contributed by atoms with Gasteiger partial charge in [-0.15, -0.1) is 0 Å². The second-order valence-corrected chi connectivity index (χ2v) is 6.49. The quantitative estimate of drug-likeness (QED) is 0.574. The summed E-state index contributed by atoms with van der Waals surface area (Å²) < 4.78 is 29.6. The van der Waals surface area contributed by atoms with Gasteiger partial charge in [-0.05, 0) is 42.0 Å². The summed E-state index contributed by atoms with van der Waals surface area (Å²) in [6, 6.07) is 17.4. The molecule has 0 amide bonds. The Labute approximate surface area is 163 Å². The molecule has 1 N–H and O–H groups in total. The van der Waals surface area contributed by atoms with E-state index < -0.39 is 6.10 Å². The number of hydrogen-bond acceptors (Lipinski definition) is 5. The molecule has 0 fully saturated rings. The van der Waals surface area contributed by atoms with Crippen molar-refractivity contribution < 1.29 is 23.4 Å². The van der Waals surface area contributed by atoms with Crippen molar-refractivity contribution in [3.63, 3.8) is 0 Å². The Morgan fingerprint density at radius 2 is 1.75 bits per heavy atom. The van der Waals surface area contributed by atoms with Crippen LogP contribution in [-0.4, -0.2) is 36.4 Å². The summed E-state index contributed by atoms with van der Waals surface area (Å²) >= 11 is 0. The van der Waals surface area contributed by atoms with E-state index in [1.165, 1.54) is 12.1 Å². The first-order valence-corrected chi connectivity index (χ1v) is 9.07. The fourth-order valence-electron chi connectivity index (χ4n) is 2.93. The average molecular weight is 385 g/mol. The zero-order valence-electron chi connectivity index (χ0n) is 15.8. The molecular formula is C22H24FNO4. The molecule has 0 aliphatic carbocycles. The summed E-state index contributed by atoms with van der Waals surface area (Å²) in [6.07, 6.45) is 0.896. The van der Waals surface area contributed by atoms with Crippen molar-refractivity contribution in [2.75, 3.05) is 20.3 Å². The van der Waals surface area contributed by atoms with Crippen LogP contribution in [0.5, 0.6) is 11.5 Å². The number of aliphatic hydroxyl groups is 1. The Bertz CT molecular complexity index is 836. The van der Waals surface area contributed by atoms with E-state index >= 15 is 0 Å². The zero-order chi connectivity index (χ0) is 19.8. The predicted molar refractivity (Wildman–Crippen MR) is 104 cm³/mol. The molecule has 148 valence electrons. The molecule has 0 radical (unpaired) electrons. The van der Waals surface area contributed by atoms with Crippen molar-refractivity contribution in [1.82, 2.24) is 4.90 Å². The van der Waals surface area contributed by atoms with Crippen LogP contribution in [0.4, 0.5) is 4.39 Å². The highest BCUT2D eigenvalue weighted by Gasteiger charge is 2.16. The van der Waals surface area contributed by atoms with Gasteiger partial charge in [0, 0.05) is 13.1 Å². The highest BCUT2D eigenvalue weighted by atomic mass is 19.1. The number of aliphatic hydroxyl groups excluding tert-OH is 1. The van der Waals surface area contributed by atoms with Gasteiger partial charge in [0.2, 0.25) is 0 Å². The van der Waals surface area contributed by atoms with Crippen LogP contribution in [-0.2, 0) is 13.1 Å². The van der Waals surface area contributed by atoms with E-state index in [-0.39, 0.29) is 12.4 Å². The number of para-hydroxylation sites is 2. The van der Waals surface area contributed by atoms with Crippen LogP contribution in [0.15, 0.2) is 71.3 Å². The number of hydrogen-bond donors (Lipinski definition) is 1. The molecule has 5 nitrogen and oxygen atoms in total. The van der Waals surface area contributed by atoms with Crippen LogP contribution in [0.25, 0.3) is 0 Å². The second-order valence-electron chi connectivity index (χ2n) is 6.49. The lowest BCUT2D eigenvalue weighted by molar-refractivity contribution is 0.0596. The Balaban J connectivity index is 1.61. The van der Waals surface area contributed by atoms with E-state index in [9.17, 15) is 9.50 Å². The number of methoxy groups -OCH3 is 1. The Kier molecular flexibility index (Phi) is 7.06. The molecule has 0 spiro atoms. The van der Waals surface area contributed by atoms with Crippen molar-refractivity contribution >= 4 is 0 Å². The van der Waals surface area contributed by atoms with E-state index in [1.54, 1.807) is 37.6 Å². The van der Waals surface area contributed by atoms with E-state index in [1.807, 2.05) is 29.2 Å². The molecule has 6 heteroatoms. The van der Waals surface area contributed by atoms with Crippen LogP contribution in [0.3, 0.4) is 0 Å². The maximum atomic E-state index is 13.2. The van der Waals surface area contributed by atoms with E-state index in [4.69, 9.17) is 13.9 Å². The summed E-state index contributed by atoms with van der Waals surface area (Å²) in [5.74, 6) is 1.72. The minimum absolute atomic E-state index is 0.123. The fraction of sp³-hybridized carbons (Fsp3) is 0.273. The standard InChI is InChI=1S/C22H24FNO4/c1-26-21-6-2-3-7-22(21)28-16-19(25)14-24(15-20-5-4-12-27-20)13-17-8-10-18(23)11-9-17/h2-12,19,25H,13-16H2,1H3/t19-/m0/s1. The van der Waals surface area contributed by atoms with Gasteiger partial charge in [-0.25, -0.2) is 4.39 Å². The second kappa shape index (κ2) is 9.92. The molecule has 0 aliphatic heterocycles. The van der Waals surface area contributed by atoms with Crippen molar-refractivity contribution in [3.8, 4) is 11.5 Å². The number of furan rings is 1. The highest BCUT2D eigenvalue weighted by Crippen LogP contribution is 2.25. The first-order chi connectivity index (χ1) is 13.6. The van der Waals surface area contributed by atoms with Gasteiger partial charge in [0.1, 0.15) is 24.3 Å². The number of nitrogens with zero attached hydrogens (tertiary/aromatic N) is 1. The van der Waals surface area contributed by atoms with E-state index in [0.29, 0.717) is 31.1 Å². The Morgan fingerprint density at radius 3 is 2.43 bits per heavy atom. The minimum atomic E-state index is -0.722. The lowest BCUT2D eigenvalue weighted by Gasteiger charge is -2.24. The van der Waals surface area contributed by atoms with Crippen LogP contribution in [0, 0.1) is 5.82 Å². The van der Waals surface area contributed by atoms with Gasteiger partial charge in [0.15, 0.2) is 11.5 Å². The summed E-state index contributed by atoms with van der Waals surface area (Å²) in [6.45, 7) is 1.56. The summed E-state index contributed by atoms with van der Waals surface area (Å²) in [4.78, 5) is 2.03. The Hall–Kier alpha value is -2.83. The van der Waals surface area contributed by atoms with Gasteiger partial charge in [0.25, 0.3) is 0 Å². The minimum Gasteiger partial charge on any atom is -0.493 e. The van der Waals surface area contributed by atoms with Crippen LogP contribution < -0.4 is 9.47 Å². The number of benzene rings is 2. The van der Waals surface area contributed by atoms with Crippen LogP contribution >= 0.6 is 0 Å². The van der Waals surface area contributed by atoms with E-state index in [0.717, 1.165) is 11.3 Å². The molecule has 3 aromatic rings. The van der Waals surface area contributed by atoms with Crippen molar-refractivity contribution in [3.05, 3.63) is 84.1 Å². The molecule has 3 rings (SSSR count). The maximum absolute atomic E-state index is 13.2. The predicted octanol–water partition coefficient (Wildman–Crippen LogP) is 3.87. The van der Waals surface area contributed by atoms with Crippen molar-refractivity contribution in [2.45, 2.75) is 19.2 Å². The molecule has 1 heterocycles. The fourth-order valence-corrected chi connectivity index (χ4v) is 2.93. The number of rotatable bonds is 10. The molecule has 0 saturated heterocycles. The average Bonchev–Trinajstić information content (AvgIpc) is 3.21. The van der Waals surface area contributed by atoms with Gasteiger partial charge < -0.3 is 19.0 Å². The summed E-state index contributed by atoms with van der Waals surface area (Å²) in [5, 5.41) is 10.5. The zero-order valence-corrected chi connectivity index (χ0v) is 15.8. The van der Waals surface area contributed by atoms with Crippen molar-refractivity contribution in [2.24, 2.45) is 0 Å². The van der Waals surface area contributed by atoms with Gasteiger partial charge in [0.05, 0.1) is 19.9 Å². The first-order valence-electron chi connectivity index (χ1n) is 9.07. The summed E-state index contributed by atoms with van der Waals surface area (Å²) in [7, 11) is 1.58. The molecule has 0 bridgehead atoms. The highest BCUT2D eigenvalue weighted by molar-refractivity contribution is 5.39. The number of halogens is 1. The third-order valence-corrected chi connectivity index (χ3v) is 4.25. The smallest absolute Gasteiger partial charge is 0.161 e. The van der Waals surface area contributed by atoms with Gasteiger partial charge in [-0.1, -0.05) is 24.3 Å². The lowest BCUT2D eigenvalue weighted by atomic mass is 10.2. The molecule has 1 aromatic heterocycles.